The van der Waals surface area contributed by atoms with Gasteiger partial charge >= 0.3 is 0 Å². The van der Waals surface area contributed by atoms with Gasteiger partial charge in [0, 0.05) is 13.0 Å². The predicted octanol–water partition coefficient (Wildman–Crippen LogP) is 2.15. The van der Waals surface area contributed by atoms with Crippen LogP contribution >= 0.6 is 11.8 Å². The average molecular weight is 210 g/mol. The zero-order chi connectivity index (χ0) is 10.2. The van der Waals surface area contributed by atoms with Crippen LogP contribution in [-0.4, -0.2) is 12.8 Å². The number of hydrogen-bond donors (Lipinski definition) is 1. The molecule has 0 fully saturated rings. The first-order valence-corrected chi connectivity index (χ1v) is 5.90. The molecule has 3 nitrogen and oxygen atoms in total. The van der Waals surface area contributed by atoms with E-state index in [-0.39, 0.29) is 0 Å². The van der Waals surface area contributed by atoms with Crippen LogP contribution in [0, 0.1) is 11.3 Å². The van der Waals surface area contributed by atoms with E-state index in [1.54, 1.807) is 11.8 Å². The van der Waals surface area contributed by atoms with Crippen molar-refractivity contribution in [2.75, 3.05) is 12.8 Å². The van der Waals surface area contributed by atoms with Crippen LogP contribution in [0.1, 0.15) is 17.9 Å². The van der Waals surface area contributed by atoms with Gasteiger partial charge in [0.05, 0.1) is 18.4 Å². The van der Waals surface area contributed by atoms with Crippen LogP contribution in [0.25, 0.3) is 0 Å². The average Bonchev–Trinajstić information content (AvgIpc) is 2.61. The number of hydrogen-bond acceptors (Lipinski definition) is 4. The molecule has 0 aromatic carbocycles. The maximum absolute atomic E-state index is 8.32. The fourth-order valence-electron chi connectivity index (χ4n) is 1.09. The van der Waals surface area contributed by atoms with Gasteiger partial charge in [-0.15, -0.1) is 0 Å². The van der Waals surface area contributed by atoms with Gasteiger partial charge in [-0.3, -0.25) is 0 Å². The molecule has 0 aliphatic carbocycles. The summed E-state index contributed by atoms with van der Waals surface area (Å²) in [6.07, 6.45) is 2.59. The quantitative estimate of drug-likeness (QED) is 0.731. The van der Waals surface area contributed by atoms with Crippen molar-refractivity contribution in [1.29, 1.82) is 5.26 Å². The second kappa shape index (κ2) is 6.52. The smallest absolute Gasteiger partial charge is 0.118 e. The summed E-state index contributed by atoms with van der Waals surface area (Å²) in [5.41, 5.74) is 0. The van der Waals surface area contributed by atoms with Gasteiger partial charge in [-0.05, 0) is 18.4 Å². The molecule has 0 saturated heterocycles. The molecule has 1 rings (SSSR count). The highest BCUT2D eigenvalue weighted by atomic mass is 32.2. The first-order chi connectivity index (χ1) is 6.86. The summed E-state index contributed by atoms with van der Waals surface area (Å²) in [5.74, 6) is 2.86. The van der Waals surface area contributed by atoms with Gasteiger partial charge in [0.2, 0.25) is 0 Å². The molecule has 1 aromatic rings. The number of rotatable bonds is 6. The van der Waals surface area contributed by atoms with E-state index in [4.69, 9.17) is 9.68 Å². The minimum atomic E-state index is 0.540. The van der Waals surface area contributed by atoms with E-state index < -0.39 is 0 Å². The minimum Gasteiger partial charge on any atom is -0.464 e. The molecular weight excluding hydrogens is 196 g/mol. The third kappa shape index (κ3) is 3.86. The molecule has 76 valence electrons. The standard InChI is InChI=1S/C10H14N2OS/c1-14-8-10-4-3-9(13-10)7-12-6-2-5-11/h3-4,12H,2,6-8H2,1H3. The Hall–Kier alpha value is -0.920. The van der Waals surface area contributed by atoms with Gasteiger partial charge in [0.1, 0.15) is 11.5 Å². The lowest BCUT2D eigenvalue weighted by Gasteiger charge is -1.98. The SMILES string of the molecule is CSCc1ccc(CNCCC#N)o1. The van der Waals surface area contributed by atoms with Gasteiger partial charge in [-0.1, -0.05) is 0 Å². The van der Waals surface area contributed by atoms with Crippen molar-refractivity contribution < 1.29 is 4.42 Å². The Morgan fingerprint density at radius 1 is 1.50 bits per heavy atom. The molecule has 1 N–H and O–H groups in total. The molecule has 0 amide bonds. The zero-order valence-electron chi connectivity index (χ0n) is 8.25. The Labute approximate surface area is 88.5 Å². The number of thioether (sulfide) groups is 1. The molecule has 0 bridgehead atoms. The van der Waals surface area contributed by atoms with Crippen molar-refractivity contribution in [1.82, 2.24) is 5.32 Å². The van der Waals surface area contributed by atoms with E-state index >= 15 is 0 Å². The number of nitrogens with zero attached hydrogens (tertiary/aromatic N) is 1. The summed E-state index contributed by atoms with van der Waals surface area (Å²) in [6, 6.07) is 6.06. The van der Waals surface area contributed by atoms with Crippen LogP contribution in [0.5, 0.6) is 0 Å². The van der Waals surface area contributed by atoms with Gasteiger partial charge in [-0.2, -0.15) is 17.0 Å². The Balaban J connectivity index is 2.26. The molecule has 0 spiro atoms. The lowest BCUT2D eigenvalue weighted by molar-refractivity contribution is 0.461. The Bertz CT molecular complexity index is 303. The van der Waals surface area contributed by atoms with Crippen molar-refractivity contribution >= 4 is 11.8 Å². The molecule has 14 heavy (non-hydrogen) atoms. The van der Waals surface area contributed by atoms with Crippen molar-refractivity contribution in [3.63, 3.8) is 0 Å². The summed E-state index contributed by atoms with van der Waals surface area (Å²) in [4.78, 5) is 0. The molecule has 1 heterocycles. The van der Waals surface area contributed by atoms with Crippen LogP contribution in [0.15, 0.2) is 16.5 Å². The first kappa shape index (κ1) is 11.2. The third-order valence-electron chi connectivity index (χ3n) is 1.72. The number of furan rings is 1. The number of nitriles is 1. The van der Waals surface area contributed by atoms with Gasteiger partial charge in [0.15, 0.2) is 0 Å². The van der Waals surface area contributed by atoms with Crippen LogP contribution in [0.4, 0.5) is 0 Å². The Kier molecular flexibility index (Phi) is 5.20. The molecule has 0 radical (unpaired) electrons. The summed E-state index contributed by atoms with van der Waals surface area (Å²) >= 11 is 1.74. The lowest BCUT2D eigenvalue weighted by Crippen LogP contribution is -2.13. The minimum absolute atomic E-state index is 0.540. The highest BCUT2D eigenvalue weighted by Gasteiger charge is 2.00. The van der Waals surface area contributed by atoms with Crippen molar-refractivity contribution in [3.05, 3.63) is 23.7 Å². The largest absolute Gasteiger partial charge is 0.464 e. The topological polar surface area (TPSA) is 49.0 Å². The van der Waals surface area contributed by atoms with Gasteiger partial charge in [0.25, 0.3) is 0 Å². The zero-order valence-corrected chi connectivity index (χ0v) is 9.06. The van der Waals surface area contributed by atoms with Crippen molar-refractivity contribution in [2.45, 2.75) is 18.7 Å². The van der Waals surface area contributed by atoms with E-state index in [9.17, 15) is 0 Å². The Morgan fingerprint density at radius 2 is 2.29 bits per heavy atom. The van der Waals surface area contributed by atoms with Crippen molar-refractivity contribution in [3.8, 4) is 6.07 Å². The van der Waals surface area contributed by atoms with Crippen molar-refractivity contribution in [2.24, 2.45) is 0 Å². The van der Waals surface area contributed by atoms with Crippen LogP contribution < -0.4 is 5.32 Å². The molecule has 1 aromatic heterocycles. The first-order valence-electron chi connectivity index (χ1n) is 4.51. The molecule has 0 aliphatic heterocycles. The summed E-state index contributed by atoms with van der Waals surface area (Å²) in [6.45, 7) is 1.42. The molecule has 0 saturated carbocycles. The van der Waals surface area contributed by atoms with Gasteiger partial charge in [-0.25, -0.2) is 0 Å². The molecule has 0 aliphatic rings. The summed E-state index contributed by atoms with van der Waals surface area (Å²) in [5, 5.41) is 11.5. The molecular formula is C10H14N2OS. The second-order valence-electron chi connectivity index (χ2n) is 2.89. The lowest BCUT2D eigenvalue weighted by atomic mass is 10.4. The maximum atomic E-state index is 8.32. The van der Waals surface area contributed by atoms with E-state index in [1.165, 1.54) is 0 Å². The monoisotopic (exact) mass is 210 g/mol. The summed E-state index contributed by atoms with van der Waals surface area (Å²) in [7, 11) is 0. The van der Waals surface area contributed by atoms with E-state index in [0.29, 0.717) is 13.0 Å². The second-order valence-corrected chi connectivity index (χ2v) is 3.75. The number of nitrogens with one attached hydrogen (secondary N) is 1. The Morgan fingerprint density at radius 3 is 3.00 bits per heavy atom. The highest BCUT2D eigenvalue weighted by molar-refractivity contribution is 7.97. The maximum Gasteiger partial charge on any atom is 0.118 e. The predicted molar refractivity (Wildman–Crippen MR) is 57.9 cm³/mol. The van der Waals surface area contributed by atoms with E-state index in [1.807, 2.05) is 18.4 Å². The summed E-state index contributed by atoms with van der Waals surface area (Å²) < 4.78 is 5.54. The van der Waals surface area contributed by atoms with Crippen LogP contribution in [-0.2, 0) is 12.3 Å². The molecule has 0 unspecified atom stereocenters. The van der Waals surface area contributed by atoms with Crippen LogP contribution in [0.3, 0.4) is 0 Å². The van der Waals surface area contributed by atoms with Gasteiger partial charge < -0.3 is 9.73 Å². The molecule has 4 heteroatoms. The molecule has 0 atom stereocenters. The third-order valence-corrected chi connectivity index (χ3v) is 2.29. The fourth-order valence-corrected chi connectivity index (χ4v) is 1.53. The highest BCUT2D eigenvalue weighted by Crippen LogP contribution is 2.12. The normalized spacial score (nSPS) is 10.0. The van der Waals surface area contributed by atoms with Crippen LogP contribution in [0.2, 0.25) is 0 Å². The van der Waals surface area contributed by atoms with E-state index in [0.717, 1.165) is 23.8 Å². The fraction of sp³-hybridized carbons (Fsp3) is 0.500. The van der Waals surface area contributed by atoms with E-state index in [2.05, 4.69) is 11.4 Å².